The molecule has 21 heavy (non-hydrogen) atoms. The van der Waals surface area contributed by atoms with Crippen molar-refractivity contribution in [3.8, 4) is 5.75 Å². The van der Waals surface area contributed by atoms with Crippen molar-refractivity contribution < 1.29 is 22.0 Å². The molecule has 0 radical (unpaired) electrons. The van der Waals surface area contributed by atoms with Gasteiger partial charge in [0.1, 0.15) is 18.9 Å². The lowest BCUT2D eigenvalue weighted by Gasteiger charge is -2.13. The van der Waals surface area contributed by atoms with Gasteiger partial charge in [0, 0.05) is 11.4 Å². The van der Waals surface area contributed by atoms with Gasteiger partial charge in [-0.1, -0.05) is 41.9 Å². The quantitative estimate of drug-likeness (QED) is 0.753. The van der Waals surface area contributed by atoms with Crippen LogP contribution in [0.25, 0.3) is 0 Å². The molecule has 2 rings (SSSR count). The first kappa shape index (κ1) is 17.8. The minimum absolute atomic E-state index is 0. The molecule has 0 spiro atoms. The van der Waals surface area contributed by atoms with E-state index in [9.17, 15) is 0 Å². The molecule has 0 heterocycles. The normalized spacial score (nSPS) is 10.3. The Kier molecular flexibility index (Phi) is 7.58. The van der Waals surface area contributed by atoms with Crippen molar-refractivity contribution in [1.29, 1.82) is 0 Å². The molecule has 0 aliphatic rings. The zero-order chi connectivity index (χ0) is 14.4. The van der Waals surface area contributed by atoms with Gasteiger partial charge in [-0.3, -0.25) is 0 Å². The van der Waals surface area contributed by atoms with Crippen molar-refractivity contribution in [2.45, 2.75) is 6.42 Å². The molecule has 1 N–H and O–H groups in total. The van der Waals surface area contributed by atoms with Crippen LogP contribution in [-0.2, 0) is 6.42 Å². The fourth-order valence-electron chi connectivity index (χ4n) is 2.01. The zero-order valence-electron chi connectivity index (χ0n) is 12.4. The average Bonchev–Trinajstić information content (AvgIpc) is 2.42. The second-order valence-electron chi connectivity index (χ2n) is 5.22. The smallest absolute Gasteiger partial charge is 0.137 e. The summed E-state index contributed by atoms with van der Waals surface area (Å²) in [6, 6.07) is 16.2. The molecule has 2 nitrogen and oxygen atoms in total. The number of rotatable bonds is 6. The van der Waals surface area contributed by atoms with E-state index in [1.54, 1.807) is 0 Å². The summed E-state index contributed by atoms with van der Waals surface area (Å²) >= 11 is 6.11. The van der Waals surface area contributed by atoms with E-state index >= 15 is 0 Å². The van der Waals surface area contributed by atoms with Crippen molar-refractivity contribution in [3.05, 3.63) is 64.7 Å². The third kappa shape index (κ3) is 5.96. The van der Waals surface area contributed by atoms with Gasteiger partial charge in [0.2, 0.25) is 0 Å². The van der Waals surface area contributed by atoms with Crippen molar-refractivity contribution in [2.24, 2.45) is 0 Å². The molecular weight excluding hydrogens is 305 g/mol. The highest BCUT2D eigenvalue weighted by molar-refractivity contribution is 6.30. The molecule has 2 aromatic carbocycles. The first-order valence-electron chi connectivity index (χ1n) is 6.89. The Morgan fingerprint density at radius 3 is 2.43 bits per heavy atom. The molecule has 0 amide bonds. The van der Waals surface area contributed by atoms with E-state index in [0.717, 1.165) is 29.3 Å². The predicted octanol–water partition coefficient (Wildman–Crippen LogP) is -0.542. The maximum atomic E-state index is 6.11. The van der Waals surface area contributed by atoms with E-state index < -0.39 is 0 Å². The van der Waals surface area contributed by atoms with Crippen LogP contribution in [0.4, 0.5) is 0 Å². The van der Waals surface area contributed by atoms with Crippen LogP contribution in [0, 0.1) is 0 Å². The SMILES string of the molecule is C[NH+](C)CCOc1ccc(Cl)cc1Cc1ccccc1.[Cl-]. The molecule has 0 saturated heterocycles. The van der Waals surface area contributed by atoms with Crippen molar-refractivity contribution in [2.75, 3.05) is 27.2 Å². The maximum Gasteiger partial charge on any atom is 0.137 e. The number of halogens is 2. The molecular formula is C17H21Cl2NO. The summed E-state index contributed by atoms with van der Waals surface area (Å²) in [6.45, 7) is 1.69. The third-order valence-corrected chi connectivity index (χ3v) is 3.35. The summed E-state index contributed by atoms with van der Waals surface area (Å²) < 4.78 is 5.90. The highest BCUT2D eigenvalue weighted by Crippen LogP contribution is 2.25. The van der Waals surface area contributed by atoms with E-state index in [4.69, 9.17) is 16.3 Å². The maximum absolute atomic E-state index is 6.11. The molecule has 0 aromatic heterocycles. The summed E-state index contributed by atoms with van der Waals surface area (Å²) in [4.78, 5) is 1.38. The Morgan fingerprint density at radius 1 is 1.05 bits per heavy atom. The number of benzene rings is 2. The Labute approximate surface area is 138 Å². The number of likely N-dealkylation sites (N-methyl/N-ethyl adjacent to an activating group) is 1. The minimum atomic E-state index is 0. The van der Waals surface area contributed by atoms with Gasteiger partial charge in [-0.25, -0.2) is 0 Å². The zero-order valence-corrected chi connectivity index (χ0v) is 13.9. The molecule has 0 aliphatic carbocycles. The van der Waals surface area contributed by atoms with E-state index in [-0.39, 0.29) is 12.4 Å². The number of hydrogen-bond acceptors (Lipinski definition) is 1. The van der Waals surface area contributed by atoms with Crippen LogP contribution in [0.2, 0.25) is 5.02 Å². The summed E-state index contributed by atoms with van der Waals surface area (Å²) in [5.41, 5.74) is 2.40. The van der Waals surface area contributed by atoms with Gasteiger partial charge < -0.3 is 22.0 Å². The van der Waals surface area contributed by atoms with Crippen molar-refractivity contribution in [1.82, 2.24) is 0 Å². The van der Waals surface area contributed by atoms with Crippen LogP contribution < -0.4 is 22.0 Å². The van der Waals surface area contributed by atoms with Gasteiger partial charge in [-0.2, -0.15) is 0 Å². The Balaban J connectivity index is 0.00000220. The van der Waals surface area contributed by atoms with Crippen LogP contribution in [0.1, 0.15) is 11.1 Å². The monoisotopic (exact) mass is 325 g/mol. The fourth-order valence-corrected chi connectivity index (χ4v) is 2.20. The molecule has 0 saturated carbocycles. The number of hydrogen-bond donors (Lipinski definition) is 1. The van der Waals surface area contributed by atoms with Gasteiger partial charge in [-0.15, -0.1) is 0 Å². The molecule has 2 aromatic rings. The Hall–Kier alpha value is -1.22. The predicted molar refractivity (Wildman–Crippen MR) is 83.9 cm³/mol. The number of nitrogens with one attached hydrogen (secondary N) is 1. The average molecular weight is 326 g/mol. The third-order valence-electron chi connectivity index (χ3n) is 3.12. The van der Waals surface area contributed by atoms with Crippen molar-refractivity contribution in [3.63, 3.8) is 0 Å². The van der Waals surface area contributed by atoms with Gasteiger partial charge >= 0.3 is 0 Å². The van der Waals surface area contributed by atoms with Gasteiger partial charge in [0.25, 0.3) is 0 Å². The molecule has 0 aliphatic heterocycles. The first-order chi connectivity index (χ1) is 9.65. The van der Waals surface area contributed by atoms with Crippen molar-refractivity contribution >= 4 is 11.6 Å². The second-order valence-corrected chi connectivity index (χ2v) is 5.66. The van der Waals surface area contributed by atoms with E-state index in [2.05, 4.69) is 38.4 Å². The lowest BCUT2D eigenvalue weighted by atomic mass is 10.0. The minimum Gasteiger partial charge on any atom is -1.00 e. The highest BCUT2D eigenvalue weighted by atomic mass is 35.5. The van der Waals surface area contributed by atoms with Gasteiger partial charge in [0.05, 0.1) is 14.1 Å². The second kappa shape index (κ2) is 8.93. The summed E-state index contributed by atoms with van der Waals surface area (Å²) in [6.07, 6.45) is 0.839. The topological polar surface area (TPSA) is 13.7 Å². The van der Waals surface area contributed by atoms with Gasteiger partial charge in [-0.05, 0) is 29.3 Å². The number of ether oxygens (including phenoxy) is 1. The highest BCUT2D eigenvalue weighted by Gasteiger charge is 2.07. The summed E-state index contributed by atoms with van der Waals surface area (Å²) in [5.74, 6) is 0.930. The number of quaternary nitrogens is 1. The van der Waals surface area contributed by atoms with Crippen LogP contribution in [0.15, 0.2) is 48.5 Å². The van der Waals surface area contributed by atoms with E-state index in [1.165, 1.54) is 10.5 Å². The lowest BCUT2D eigenvalue weighted by Crippen LogP contribution is -3.06. The summed E-state index contributed by atoms with van der Waals surface area (Å²) in [7, 11) is 4.24. The van der Waals surface area contributed by atoms with E-state index in [1.807, 2.05) is 24.3 Å². The standard InChI is InChI=1S/C17H20ClNO.ClH/c1-19(2)10-11-20-17-9-8-16(18)13-15(17)12-14-6-4-3-5-7-14;/h3-9,13H,10-12H2,1-2H3;1H. The summed E-state index contributed by atoms with van der Waals surface area (Å²) in [5, 5.41) is 0.751. The van der Waals surface area contributed by atoms with Crippen LogP contribution in [0.5, 0.6) is 5.75 Å². The molecule has 0 bridgehead atoms. The largest absolute Gasteiger partial charge is 1.00 e. The van der Waals surface area contributed by atoms with E-state index in [0.29, 0.717) is 6.61 Å². The molecule has 0 fully saturated rings. The lowest BCUT2D eigenvalue weighted by molar-refractivity contribution is -0.858. The molecule has 0 unspecified atom stereocenters. The van der Waals surface area contributed by atoms with Crippen LogP contribution in [-0.4, -0.2) is 27.2 Å². The fraction of sp³-hybridized carbons (Fsp3) is 0.294. The Morgan fingerprint density at radius 2 is 1.76 bits per heavy atom. The first-order valence-corrected chi connectivity index (χ1v) is 7.27. The molecule has 4 heteroatoms. The van der Waals surface area contributed by atoms with Crippen LogP contribution >= 0.6 is 11.6 Å². The Bertz CT molecular complexity index is 544. The van der Waals surface area contributed by atoms with Crippen LogP contribution in [0.3, 0.4) is 0 Å². The molecule has 114 valence electrons. The van der Waals surface area contributed by atoms with Gasteiger partial charge in [0.15, 0.2) is 0 Å². The molecule has 0 atom stereocenters.